The van der Waals surface area contributed by atoms with Gasteiger partial charge in [-0.05, 0) is 26.2 Å². The van der Waals surface area contributed by atoms with Crippen molar-refractivity contribution in [2.24, 2.45) is 0 Å². The Morgan fingerprint density at radius 3 is 1.80 bits per heavy atom. The number of allylic oxidation sites excluding steroid dienone is 2. The second-order valence-electron chi connectivity index (χ2n) is 4.38. The lowest BCUT2D eigenvalue weighted by molar-refractivity contribution is 0.566. The van der Waals surface area contributed by atoms with Gasteiger partial charge in [-0.25, -0.2) is 0 Å². The van der Waals surface area contributed by atoms with Crippen LogP contribution in [-0.4, -0.2) is 0 Å². The monoisotopic (exact) mass is 209 g/mol. The summed E-state index contributed by atoms with van der Waals surface area (Å²) >= 11 is 0. The molecular formula is C15H29. The molecule has 0 spiro atoms. The molecule has 0 unspecified atom stereocenters. The first kappa shape index (κ1) is 14.7. The van der Waals surface area contributed by atoms with E-state index < -0.39 is 0 Å². The van der Waals surface area contributed by atoms with Gasteiger partial charge in [0.1, 0.15) is 0 Å². The first-order chi connectivity index (χ1) is 7.41. The van der Waals surface area contributed by atoms with Gasteiger partial charge >= 0.3 is 0 Å². The Bertz CT molecular complexity index is 124. The molecule has 0 aliphatic carbocycles. The second-order valence-corrected chi connectivity index (χ2v) is 4.38. The van der Waals surface area contributed by atoms with E-state index in [9.17, 15) is 0 Å². The van der Waals surface area contributed by atoms with Gasteiger partial charge in [0.2, 0.25) is 0 Å². The second kappa shape index (κ2) is 13.7. The van der Waals surface area contributed by atoms with Crippen LogP contribution in [-0.2, 0) is 0 Å². The van der Waals surface area contributed by atoms with Gasteiger partial charge in [0.15, 0.2) is 0 Å². The Kier molecular flexibility index (Phi) is 13.5. The standard InChI is InChI=1S/C15H29/c1-3-5-7-9-11-13-15-14-12-10-8-6-4-2/h5,7H,1,3-4,6,8-15H2,2H3/b7-5+. The third kappa shape index (κ3) is 13.7. The van der Waals surface area contributed by atoms with Crippen molar-refractivity contribution in [1.82, 2.24) is 0 Å². The Balaban J connectivity index is 2.89. The minimum atomic E-state index is 0.942. The predicted octanol–water partition coefficient (Wildman–Crippen LogP) is 5.69. The van der Waals surface area contributed by atoms with Gasteiger partial charge in [0.05, 0.1) is 0 Å². The topological polar surface area (TPSA) is 0 Å². The maximum absolute atomic E-state index is 3.78. The lowest BCUT2D eigenvalue weighted by Crippen LogP contribution is -1.80. The first-order valence-corrected chi connectivity index (χ1v) is 6.86. The number of hydrogen-bond donors (Lipinski definition) is 0. The van der Waals surface area contributed by atoms with Gasteiger partial charge in [0, 0.05) is 0 Å². The zero-order chi connectivity index (χ0) is 11.2. The minimum absolute atomic E-state index is 0.942. The van der Waals surface area contributed by atoms with E-state index in [2.05, 4.69) is 26.0 Å². The Morgan fingerprint density at radius 2 is 1.27 bits per heavy atom. The molecule has 0 rings (SSSR count). The highest BCUT2D eigenvalue weighted by Crippen LogP contribution is 2.10. The van der Waals surface area contributed by atoms with Crippen LogP contribution in [0.2, 0.25) is 0 Å². The molecule has 0 atom stereocenters. The molecule has 1 radical (unpaired) electrons. The van der Waals surface area contributed by atoms with Crippen LogP contribution in [0.4, 0.5) is 0 Å². The van der Waals surface area contributed by atoms with Crippen LogP contribution < -0.4 is 0 Å². The first-order valence-electron chi connectivity index (χ1n) is 6.86. The third-order valence-corrected chi connectivity index (χ3v) is 2.81. The molecule has 0 amide bonds. The molecule has 0 saturated heterocycles. The van der Waals surface area contributed by atoms with Gasteiger partial charge < -0.3 is 0 Å². The highest BCUT2D eigenvalue weighted by Gasteiger charge is 1.90. The Hall–Kier alpha value is -0.260. The highest BCUT2D eigenvalue weighted by atomic mass is 14.0. The van der Waals surface area contributed by atoms with Crippen LogP contribution in [0.3, 0.4) is 0 Å². The maximum atomic E-state index is 3.78. The van der Waals surface area contributed by atoms with E-state index in [4.69, 9.17) is 0 Å². The predicted molar refractivity (Wildman–Crippen MR) is 71.0 cm³/mol. The van der Waals surface area contributed by atoms with Crippen LogP contribution in [0.15, 0.2) is 12.2 Å². The summed E-state index contributed by atoms with van der Waals surface area (Å²) in [6, 6.07) is 0. The van der Waals surface area contributed by atoms with Crippen LogP contribution in [0.5, 0.6) is 0 Å². The van der Waals surface area contributed by atoms with Crippen molar-refractivity contribution in [1.29, 1.82) is 0 Å². The summed E-state index contributed by atoms with van der Waals surface area (Å²) in [5, 5.41) is 0. The van der Waals surface area contributed by atoms with E-state index in [0.29, 0.717) is 0 Å². The molecule has 0 N–H and O–H groups in total. The molecule has 89 valence electrons. The lowest BCUT2D eigenvalue weighted by Gasteiger charge is -2.00. The van der Waals surface area contributed by atoms with Crippen LogP contribution in [0.25, 0.3) is 0 Å². The summed E-state index contributed by atoms with van der Waals surface area (Å²) in [4.78, 5) is 0. The van der Waals surface area contributed by atoms with Crippen LogP contribution >= 0.6 is 0 Å². The Morgan fingerprint density at radius 1 is 0.733 bits per heavy atom. The summed E-state index contributed by atoms with van der Waals surface area (Å²) in [7, 11) is 0. The third-order valence-electron chi connectivity index (χ3n) is 2.81. The quantitative estimate of drug-likeness (QED) is 0.303. The molecule has 0 aromatic heterocycles. The SMILES string of the molecule is [CH2]C/C=C/CCCCCCCCCCC. The fourth-order valence-corrected chi connectivity index (χ4v) is 1.81. The maximum Gasteiger partial charge on any atom is -0.0351 e. The van der Waals surface area contributed by atoms with Crippen molar-refractivity contribution in [3.63, 3.8) is 0 Å². The molecule has 0 saturated carbocycles. The largest absolute Gasteiger partial charge is 0.0885 e. The number of rotatable bonds is 11. The normalized spacial score (nSPS) is 11.3. The number of unbranched alkanes of at least 4 members (excludes halogenated alkanes) is 9. The molecular weight excluding hydrogens is 180 g/mol. The smallest absolute Gasteiger partial charge is 0.0351 e. The van der Waals surface area contributed by atoms with Gasteiger partial charge in [-0.1, -0.05) is 70.4 Å². The molecule has 15 heavy (non-hydrogen) atoms. The van der Waals surface area contributed by atoms with Crippen molar-refractivity contribution in [2.75, 3.05) is 0 Å². The van der Waals surface area contributed by atoms with Gasteiger partial charge in [-0.3, -0.25) is 0 Å². The number of hydrogen-bond acceptors (Lipinski definition) is 0. The summed E-state index contributed by atoms with van der Waals surface area (Å²) in [6.45, 7) is 6.06. The molecule has 0 aromatic rings. The van der Waals surface area contributed by atoms with Gasteiger partial charge in [-0.2, -0.15) is 0 Å². The zero-order valence-electron chi connectivity index (χ0n) is 10.6. The van der Waals surface area contributed by atoms with E-state index in [1.807, 2.05) is 0 Å². The van der Waals surface area contributed by atoms with E-state index in [1.54, 1.807) is 0 Å². The zero-order valence-corrected chi connectivity index (χ0v) is 10.6. The van der Waals surface area contributed by atoms with Crippen molar-refractivity contribution >= 4 is 0 Å². The summed E-state index contributed by atoms with van der Waals surface area (Å²) in [5.74, 6) is 0. The molecule has 0 bridgehead atoms. The molecule has 0 aliphatic rings. The van der Waals surface area contributed by atoms with Crippen molar-refractivity contribution < 1.29 is 0 Å². The summed E-state index contributed by atoms with van der Waals surface area (Å²) in [6.07, 6.45) is 19.4. The molecule has 0 heteroatoms. The molecule has 0 aliphatic heterocycles. The summed E-state index contributed by atoms with van der Waals surface area (Å²) in [5.41, 5.74) is 0. The van der Waals surface area contributed by atoms with Gasteiger partial charge in [-0.15, -0.1) is 0 Å². The van der Waals surface area contributed by atoms with Crippen molar-refractivity contribution in [2.45, 2.75) is 77.6 Å². The van der Waals surface area contributed by atoms with Gasteiger partial charge in [0.25, 0.3) is 0 Å². The summed E-state index contributed by atoms with van der Waals surface area (Å²) < 4.78 is 0. The molecule has 0 fully saturated rings. The fourth-order valence-electron chi connectivity index (χ4n) is 1.81. The van der Waals surface area contributed by atoms with Crippen LogP contribution in [0.1, 0.15) is 77.6 Å². The molecule has 0 nitrogen and oxygen atoms in total. The fraction of sp³-hybridized carbons (Fsp3) is 0.800. The van der Waals surface area contributed by atoms with E-state index in [1.165, 1.54) is 64.2 Å². The average Bonchev–Trinajstić information content (AvgIpc) is 2.26. The molecule has 0 heterocycles. The van der Waals surface area contributed by atoms with E-state index >= 15 is 0 Å². The van der Waals surface area contributed by atoms with Crippen molar-refractivity contribution in [3.05, 3.63) is 19.1 Å². The minimum Gasteiger partial charge on any atom is -0.0885 e. The van der Waals surface area contributed by atoms with Crippen LogP contribution in [0, 0.1) is 6.92 Å². The molecule has 0 aromatic carbocycles. The Labute approximate surface area is 97.2 Å². The van der Waals surface area contributed by atoms with Crippen molar-refractivity contribution in [3.8, 4) is 0 Å². The lowest BCUT2D eigenvalue weighted by atomic mass is 10.1. The van der Waals surface area contributed by atoms with E-state index in [0.717, 1.165) is 6.42 Å². The van der Waals surface area contributed by atoms with E-state index in [-0.39, 0.29) is 0 Å². The average molecular weight is 209 g/mol. The highest BCUT2D eigenvalue weighted by molar-refractivity contribution is 4.81.